The molecule has 0 aromatic heterocycles. The van der Waals surface area contributed by atoms with Gasteiger partial charge in [0.25, 0.3) is 0 Å². The molecule has 24 heavy (non-hydrogen) atoms. The molecule has 0 atom stereocenters. The number of nitro groups is 1. The van der Waals surface area contributed by atoms with Crippen LogP contribution in [0.3, 0.4) is 0 Å². The molecule has 0 radical (unpaired) electrons. The molecule has 0 fully saturated rings. The first-order valence-corrected chi connectivity index (χ1v) is 6.36. The first-order valence-electron chi connectivity index (χ1n) is 6.36. The number of amides is 2. The molecular formula is C14H10F3N3O4. The molecule has 0 aliphatic rings. The van der Waals surface area contributed by atoms with Crippen molar-refractivity contribution < 1.29 is 28.0 Å². The van der Waals surface area contributed by atoms with Gasteiger partial charge in [0.05, 0.1) is 21.9 Å². The second kappa shape index (κ2) is 6.07. The van der Waals surface area contributed by atoms with Crippen LogP contribution in [-0.4, -0.2) is 16.1 Å². The molecule has 0 saturated heterocycles. The van der Waals surface area contributed by atoms with Crippen LogP contribution in [0.1, 0.15) is 5.56 Å². The number of hydrogen-bond donors (Lipinski definition) is 2. The number of rotatable bonds is 3. The lowest BCUT2D eigenvalue weighted by Gasteiger charge is -2.24. The van der Waals surface area contributed by atoms with Gasteiger partial charge in [-0.15, -0.1) is 0 Å². The number of phenols is 1. The third kappa shape index (κ3) is 3.07. The SMILES string of the molecule is NC(=O)N(c1ccccc1C(F)(F)F)c1cccc([N+](=O)[O-])c1O. The number of nitrogens with zero attached hydrogens (tertiary/aromatic N) is 2. The third-order valence-electron chi connectivity index (χ3n) is 3.10. The fourth-order valence-electron chi connectivity index (χ4n) is 2.12. The van der Waals surface area contributed by atoms with Gasteiger partial charge in [-0.1, -0.05) is 18.2 Å². The summed E-state index contributed by atoms with van der Waals surface area (Å²) in [6.45, 7) is 0. The van der Waals surface area contributed by atoms with Crippen molar-refractivity contribution in [3.8, 4) is 5.75 Å². The van der Waals surface area contributed by atoms with Crippen LogP contribution in [0.25, 0.3) is 0 Å². The van der Waals surface area contributed by atoms with Gasteiger partial charge in [-0.05, 0) is 18.2 Å². The van der Waals surface area contributed by atoms with Crippen molar-refractivity contribution in [1.29, 1.82) is 0 Å². The van der Waals surface area contributed by atoms with E-state index in [4.69, 9.17) is 5.73 Å². The second-order valence-electron chi connectivity index (χ2n) is 4.59. The minimum absolute atomic E-state index is 0.366. The zero-order valence-electron chi connectivity index (χ0n) is 11.8. The molecule has 3 N–H and O–H groups in total. The number of hydrogen-bond acceptors (Lipinski definition) is 4. The Balaban J connectivity index is 2.73. The normalized spacial score (nSPS) is 11.1. The lowest BCUT2D eigenvalue weighted by Crippen LogP contribution is -2.33. The molecule has 0 saturated carbocycles. The van der Waals surface area contributed by atoms with E-state index in [1.807, 2.05) is 0 Å². The largest absolute Gasteiger partial charge is 0.501 e. The van der Waals surface area contributed by atoms with Crippen molar-refractivity contribution >= 4 is 23.1 Å². The highest BCUT2D eigenvalue weighted by molar-refractivity contribution is 6.01. The van der Waals surface area contributed by atoms with Crippen molar-refractivity contribution in [2.75, 3.05) is 4.90 Å². The molecule has 0 heterocycles. The highest BCUT2D eigenvalue weighted by Crippen LogP contribution is 2.43. The van der Waals surface area contributed by atoms with Crippen LogP contribution >= 0.6 is 0 Å². The average Bonchev–Trinajstić information content (AvgIpc) is 2.48. The van der Waals surface area contributed by atoms with Crippen molar-refractivity contribution in [1.82, 2.24) is 0 Å². The van der Waals surface area contributed by atoms with E-state index in [1.54, 1.807) is 0 Å². The number of para-hydroxylation sites is 2. The number of primary amides is 1. The van der Waals surface area contributed by atoms with E-state index in [0.717, 1.165) is 36.4 Å². The topological polar surface area (TPSA) is 110 Å². The molecule has 7 nitrogen and oxygen atoms in total. The number of benzene rings is 2. The molecular weight excluding hydrogens is 331 g/mol. The Bertz CT molecular complexity index is 808. The number of anilines is 2. The van der Waals surface area contributed by atoms with Gasteiger partial charge in [0.15, 0.2) is 0 Å². The van der Waals surface area contributed by atoms with Crippen molar-refractivity contribution in [3.63, 3.8) is 0 Å². The van der Waals surface area contributed by atoms with Crippen LogP contribution < -0.4 is 10.6 Å². The van der Waals surface area contributed by atoms with Crippen LogP contribution in [0.4, 0.5) is 35.0 Å². The Morgan fingerprint density at radius 1 is 1.12 bits per heavy atom. The zero-order chi connectivity index (χ0) is 18.1. The van der Waals surface area contributed by atoms with E-state index in [0.29, 0.717) is 4.90 Å². The summed E-state index contributed by atoms with van der Waals surface area (Å²) in [6.07, 6.45) is -4.80. The number of alkyl halides is 3. The molecule has 2 rings (SSSR count). The summed E-state index contributed by atoms with van der Waals surface area (Å²) in [4.78, 5) is 22.0. The summed E-state index contributed by atoms with van der Waals surface area (Å²) in [5.41, 5.74) is 1.99. The maximum atomic E-state index is 13.1. The fourth-order valence-corrected chi connectivity index (χ4v) is 2.12. The third-order valence-corrected chi connectivity index (χ3v) is 3.10. The summed E-state index contributed by atoms with van der Waals surface area (Å²) < 4.78 is 39.4. The minimum atomic E-state index is -4.80. The van der Waals surface area contributed by atoms with Crippen LogP contribution in [0.15, 0.2) is 42.5 Å². The quantitative estimate of drug-likeness (QED) is 0.657. The van der Waals surface area contributed by atoms with Gasteiger partial charge in [0.2, 0.25) is 5.75 Å². The summed E-state index contributed by atoms with van der Waals surface area (Å²) in [6, 6.07) is 5.77. The lowest BCUT2D eigenvalue weighted by molar-refractivity contribution is -0.385. The molecule has 0 aliphatic carbocycles. The summed E-state index contributed by atoms with van der Waals surface area (Å²) >= 11 is 0. The number of urea groups is 1. The maximum Gasteiger partial charge on any atom is 0.418 e. The van der Waals surface area contributed by atoms with E-state index in [-0.39, 0.29) is 0 Å². The van der Waals surface area contributed by atoms with Gasteiger partial charge in [-0.25, -0.2) is 4.79 Å². The fraction of sp³-hybridized carbons (Fsp3) is 0.0714. The van der Waals surface area contributed by atoms with Crippen LogP contribution in [0.5, 0.6) is 5.75 Å². The number of phenolic OH excluding ortho intramolecular Hbond substituents is 1. The first-order chi connectivity index (χ1) is 11.1. The van der Waals surface area contributed by atoms with E-state index < -0.39 is 45.5 Å². The van der Waals surface area contributed by atoms with E-state index in [9.17, 15) is 33.2 Å². The van der Waals surface area contributed by atoms with E-state index in [1.165, 1.54) is 6.07 Å². The smallest absolute Gasteiger partial charge is 0.418 e. The number of nitro benzene ring substituents is 1. The van der Waals surface area contributed by atoms with Crippen molar-refractivity contribution in [2.45, 2.75) is 6.18 Å². The first kappa shape index (κ1) is 17.1. The molecule has 2 aromatic carbocycles. The van der Waals surface area contributed by atoms with Crippen molar-refractivity contribution in [3.05, 3.63) is 58.1 Å². The van der Waals surface area contributed by atoms with Gasteiger partial charge >= 0.3 is 17.9 Å². The number of halogens is 3. The van der Waals surface area contributed by atoms with Crippen LogP contribution in [0.2, 0.25) is 0 Å². The molecule has 0 bridgehead atoms. The Hall–Kier alpha value is -3.30. The molecule has 0 unspecified atom stereocenters. The van der Waals surface area contributed by atoms with Gasteiger partial charge < -0.3 is 10.8 Å². The molecule has 0 spiro atoms. The summed E-state index contributed by atoms with van der Waals surface area (Å²) in [5, 5.41) is 20.8. The monoisotopic (exact) mass is 341 g/mol. The number of carbonyl (C=O) groups is 1. The Kier molecular flexibility index (Phi) is 4.31. The number of aromatic hydroxyl groups is 1. The van der Waals surface area contributed by atoms with Gasteiger partial charge in [0.1, 0.15) is 0 Å². The Morgan fingerprint density at radius 3 is 2.25 bits per heavy atom. The van der Waals surface area contributed by atoms with Gasteiger partial charge in [-0.3, -0.25) is 15.0 Å². The van der Waals surface area contributed by atoms with Crippen molar-refractivity contribution in [2.24, 2.45) is 5.73 Å². The lowest BCUT2D eigenvalue weighted by atomic mass is 10.1. The van der Waals surface area contributed by atoms with Crippen LogP contribution in [0, 0.1) is 10.1 Å². The Labute approximate surface area is 132 Å². The van der Waals surface area contributed by atoms with Gasteiger partial charge in [-0.2, -0.15) is 13.2 Å². The van der Waals surface area contributed by atoms with Crippen LogP contribution in [-0.2, 0) is 6.18 Å². The highest BCUT2D eigenvalue weighted by atomic mass is 19.4. The summed E-state index contributed by atoms with van der Waals surface area (Å²) in [5.74, 6) is -0.974. The predicted octanol–water partition coefficient (Wildman–Crippen LogP) is 3.54. The highest BCUT2D eigenvalue weighted by Gasteiger charge is 2.37. The molecule has 2 aromatic rings. The standard InChI is InChI=1S/C14H10F3N3O4/c15-14(16,17)8-4-1-2-5-9(8)19(13(18)22)10-6-3-7-11(12(10)21)20(23)24/h1-7,21H,(H2,18,22). The van der Waals surface area contributed by atoms with Gasteiger partial charge in [0, 0.05) is 6.07 Å². The minimum Gasteiger partial charge on any atom is -0.501 e. The number of carbonyl (C=O) groups excluding carboxylic acids is 1. The zero-order valence-corrected chi connectivity index (χ0v) is 11.8. The second-order valence-corrected chi connectivity index (χ2v) is 4.59. The average molecular weight is 341 g/mol. The summed E-state index contributed by atoms with van der Waals surface area (Å²) in [7, 11) is 0. The predicted molar refractivity (Wildman–Crippen MR) is 77.9 cm³/mol. The molecule has 2 amide bonds. The molecule has 126 valence electrons. The molecule has 10 heteroatoms. The maximum absolute atomic E-state index is 13.1. The van der Waals surface area contributed by atoms with E-state index >= 15 is 0 Å². The molecule has 0 aliphatic heterocycles. The number of nitrogens with two attached hydrogens (primary N) is 1. The van der Waals surface area contributed by atoms with E-state index in [2.05, 4.69) is 0 Å². The Morgan fingerprint density at radius 2 is 1.71 bits per heavy atom.